The highest BCUT2D eigenvalue weighted by Gasteiger charge is 2.21. The molecule has 1 N–H and O–H groups in total. The minimum Gasteiger partial charge on any atom is -0.339 e. The molecule has 3 heterocycles. The molecule has 2 aromatic heterocycles. The van der Waals surface area contributed by atoms with Gasteiger partial charge in [0.25, 0.3) is 0 Å². The Labute approximate surface area is 129 Å². The summed E-state index contributed by atoms with van der Waals surface area (Å²) in [7, 11) is 0. The average molecular weight is 300 g/mol. The summed E-state index contributed by atoms with van der Waals surface area (Å²) in [5.74, 6) is 0.978. The van der Waals surface area contributed by atoms with Crippen LogP contribution in [-0.2, 0) is 11.2 Å². The van der Waals surface area contributed by atoms with E-state index in [1.54, 1.807) is 12.4 Å². The van der Waals surface area contributed by atoms with Gasteiger partial charge < -0.3 is 9.80 Å². The van der Waals surface area contributed by atoms with Gasteiger partial charge in [-0.25, -0.2) is 9.97 Å². The molecule has 1 saturated heterocycles. The van der Waals surface area contributed by atoms with E-state index in [4.69, 9.17) is 0 Å². The molecule has 1 aliphatic rings. The summed E-state index contributed by atoms with van der Waals surface area (Å²) in [6.07, 6.45) is 9.52. The second-order valence-electron chi connectivity index (χ2n) is 5.38. The highest BCUT2D eigenvalue weighted by Crippen LogP contribution is 2.11. The minimum atomic E-state index is 0.233. The molecule has 7 nitrogen and oxygen atoms in total. The molecular formula is C15H20N6O. The van der Waals surface area contributed by atoms with Gasteiger partial charge in [-0.2, -0.15) is 5.10 Å². The number of aromatic amines is 1. The summed E-state index contributed by atoms with van der Waals surface area (Å²) < 4.78 is 0. The van der Waals surface area contributed by atoms with Crippen LogP contribution in [0.4, 0.5) is 5.95 Å². The van der Waals surface area contributed by atoms with Gasteiger partial charge in [0.1, 0.15) is 0 Å². The lowest BCUT2D eigenvalue weighted by molar-refractivity contribution is -0.131. The molecular weight excluding hydrogens is 280 g/mol. The smallest absolute Gasteiger partial charge is 0.225 e. The first-order chi connectivity index (χ1) is 10.8. The van der Waals surface area contributed by atoms with E-state index in [9.17, 15) is 4.79 Å². The maximum Gasteiger partial charge on any atom is 0.225 e. The summed E-state index contributed by atoms with van der Waals surface area (Å²) in [6, 6.07) is 1.81. The molecule has 1 fully saturated rings. The number of H-pyrrole nitrogens is 1. The fourth-order valence-electron chi connectivity index (χ4n) is 2.63. The number of rotatable bonds is 5. The van der Waals surface area contributed by atoms with E-state index in [2.05, 4.69) is 25.1 Å². The third kappa shape index (κ3) is 3.60. The lowest BCUT2D eigenvalue weighted by atomic mass is 10.1. The number of aromatic nitrogens is 4. The van der Waals surface area contributed by atoms with Crippen LogP contribution in [0.3, 0.4) is 0 Å². The van der Waals surface area contributed by atoms with Gasteiger partial charge in [-0.1, -0.05) is 0 Å². The van der Waals surface area contributed by atoms with Gasteiger partial charge in [-0.05, 0) is 24.5 Å². The molecule has 0 atom stereocenters. The second-order valence-corrected chi connectivity index (χ2v) is 5.38. The quantitative estimate of drug-likeness (QED) is 0.886. The number of nitrogens with one attached hydrogen (secondary N) is 1. The molecule has 0 aliphatic carbocycles. The number of piperazine rings is 1. The van der Waals surface area contributed by atoms with Gasteiger partial charge in [0.2, 0.25) is 11.9 Å². The summed E-state index contributed by atoms with van der Waals surface area (Å²) >= 11 is 0. The van der Waals surface area contributed by atoms with Crippen LogP contribution in [0.15, 0.2) is 30.9 Å². The van der Waals surface area contributed by atoms with Gasteiger partial charge in [0, 0.05) is 51.2 Å². The van der Waals surface area contributed by atoms with Gasteiger partial charge in [-0.15, -0.1) is 0 Å². The second kappa shape index (κ2) is 7.02. The number of hydrogen-bond acceptors (Lipinski definition) is 5. The van der Waals surface area contributed by atoms with Crippen LogP contribution < -0.4 is 4.90 Å². The predicted octanol–water partition coefficient (Wildman–Crippen LogP) is 0.871. The third-order valence-corrected chi connectivity index (χ3v) is 3.88. The largest absolute Gasteiger partial charge is 0.339 e. The Morgan fingerprint density at radius 3 is 2.64 bits per heavy atom. The number of carbonyl (C=O) groups excluding carboxylic acids is 1. The lowest BCUT2D eigenvalue weighted by Gasteiger charge is -2.34. The molecule has 0 saturated carbocycles. The topological polar surface area (TPSA) is 78.0 Å². The molecule has 0 radical (unpaired) electrons. The zero-order valence-electron chi connectivity index (χ0n) is 12.5. The van der Waals surface area contributed by atoms with Crippen molar-refractivity contribution in [1.82, 2.24) is 25.1 Å². The first-order valence-corrected chi connectivity index (χ1v) is 7.60. The standard InChI is InChI=1S/C15H20N6O/c22-14(4-1-3-13-11-18-19-12-13)20-7-9-21(10-8-20)15-16-5-2-6-17-15/h2,5-6,11-12H,1,3-4,7-10H2,(H,18,19). The van der Waals surface area contributed by atoms with E-state index < -0.39 is 0 Å². The Bertz CT molecular complexity index is 577. The van der Waals surface area contributed by atoms with Crippen LogP contribution in [0, 0.1) is 0 Å². The molecule has 0 bridgehead atoms. The van der Waals surface area contributed by atoms with Crippen LogP contribution in [0.25, 0.3) is 0 Å². The molecule has 1 aliphatic heterocycles. The molecule has 0 aromatic carbocycles. The maximum atomic E-state index is 12.2. The van der Waals surface area contributed by atoms with Gasteiger partial charge >= 0.3 is 0 Å². The number of amides is 1. The minimum absolute atomic E-state index is 0.233. The van der Waals surface area contributed by atoms with Crippen molar-refractivity contribution in [1.29, 1.82) is 0 Å². The average Bonchev–Trinajstić information content (AvgIpc) is 3.09. The number of aryl methyl sites for hydroxylation is 1. The van der Waals surface area contributed by atoms with E-state index in [0.717, 1.165) is 50.5 Å². The maximum absolute atomic E-state index is 12.2. The van der Waals surface area contributed by atoms with Gasteiger partial charge in [0.05, 0.1) is 6.20 Å². The third-order valence-electron chi connectivity index (χ3n) is 3.88. The van der Waals surface area contributed by atoms with Crippen molar-refractivity contribution in [3.05, 3.63) is 36.4 Å². The molecule has 116 valence electrons. The van der Waals surface area contributed by atoms with Crippen LogP contribution >= 0.6 is 0 Å². The number of carbonyl (C=O) groups is 1. The zero-order valence-corrected chi connectivity index (χ0v) is 12.5. The van der Waals surface area contributed by atoms with E-state index >= 15 is 0 Å². The highest BCUT2D eigenvalue weighted by atomic mass is 16.2. The van der Waals surface area contributed by atoms with Crippen LogP contribution in [0.2, 0.25) is 0 Å². The van der Waals surface area contributed by atoms with Crippen molar-refractivity contribution < 1.29 is 4.79 Å². The number of hydrogen-bond donors (Lipinski definition) is 1. The zero-order chi connectivity index (χ0) is 15.2. The Morgan fingerprint density at radius 2 is 1.95 bits per heavy atom. The summed E-state index contributed by atoms with van der Waals surface area (Å²) in [5.41, 5.74) is 1.15. The Kier molecular flexibility index (Phi) is 4.62. The summed E-state index contributed by atoms with van der Waals surface area (Å²) in [4.78, 5) is 24.8. The number of anilines is 1. The van der Waals surface area contributed by atoms with Crippen molar-refractivity contribution in [2.24, 2.45) is 0 Å². The van der Waals surface area contributed by atoms with Crippen molar-refractivity contribution in [3.63, 3.8) is 0 Å². The van der Waals surface area contributed by atoms with Crippen LogP contribution in [-0.4, -0.2) is 57.2 Å². The molecule has 1 amide bonds. The molecule has 3 rings (SSSR count). The normalized spacial score (nSPS) is 15.1. The van der Waals surface area contributed by atoms with E-state index in [1.165, 1.54) is 0 Å². The molecule has 0 spiro atoms. The van der Waals surface area contributed by atoms with Crippen LogP contribution in [0.1, 0.15) is 18.4 Å². The predicted molar refractivity (Wildman–Crippen MR) is 82.4 cm³/mol. The Balaban J connectivity index is 1.42. The monoisotopic (exact) mass is 300 g/mol. The first-order valence-electron chi connectivity index (χ1n) is 7.60. The fraction of sp³-hybridized carbons (Fsp3) is 0.467. The fourth-order valence-corrected chi connectivity index (χ4v) is 2.63. The Hall–Kier alpha value is -2.44. The first kappa shape index (κ1) is 14.5. The molecule has 0 unspecified atom stereocenters. The molecule has 22 heavy (non-hydrogen) atoms. The lowest BCUT2D eigenvalue weighted by Crippen LogP contribution is -2.49. The van der Waals surface area contributed by atoms with Crippen LogP contribution in [0.5, 0.6) is 0 Å². The van der Waals surface area contributed by atoms with Crippen molar-refractivity contribution >= 4 is 11.9 Å². The van der Waals surface area contributed by atoms with Crippen molar-refractivity contribution in [2.75, 3.05) is 31.1 Å². The molecule has 7 heteroatoms. The number of nitrogens with zero attached hydrogens (tertiary/aromatic N) is 5. The van der Waals surface area contributed by atoms with E-state index in [-0.39, 0.29) is 5.91 Å². The molecule has 2 aromatic rings. The van der Waals surface area contributed by atoms with E-state index in [0.29, 0.717) is 6.42 Å². The highest BCUT2D eigenvalue weighted by molar-refractivity contribution is 5.76. The van der Waals surface area contributed by atoms with Crippen molar-refractivity contribution in [2.45, 2.75) is 19.3 Å². The van der Waals surface area contributed by atoms with Gasteiger partial charge in [0.15, 0.2) is 0 Å². The summed E-state index contributed by atoms with van der Waals surface area (Å²) in [6.45, 7) is 3.06. The van der Waals surface area contributed by atoms with Gasteiger partial charge in [-0.3, -0.25) is 9.89 Å². The van der Waals surface area contributed by atoms with Crippen molar-refractivity contribution in [3.8, 4) is 0 Å². The van der Waals surface area contributed by atoms with E-state index in [1.807, 2.05) is 23.4 Å². The summed E-state index contributed by atoms with van der Waals surface area (Å²) in [5, 5.41) is 6.70. The Morgan fingerprint density at radius 1 is 1.18 bits per heavy atom. The SMILES string of the molecule is O=C(CCCc1cn[nH]c1)N1CCN(c2ncccn2)CC1.